The maximum atomic E-state index is 12.4. The van der Waals surface area contributed by atoms with E-state index in [2.05, 4.69) is 6.58 Å². The number of aliphatic hydroxyl groups is 2. The molecule has 0 saturated heterocycles. The summed E-state index contributed by atoms with van der Waals surface area (Å²) in [5.74, 6) is -1.08. The van der Waals surface area contributed by atoms with Crippen molar-refractivity contribution in [3.8, 4) is 0 Å². The summed E-state index contributed by atoms with van der Waals surface area (Å²) < 4.78 is 5.04. The van der Waals surface area contributed by atoms with Gasteiger partial charge in [-0.2, -0.15) is 0 Å². The zero-order valence-corrected chi connectivity index (χ0v) is 17.1. The lowest BCUT2D eigenvalue weighted by molar-refractivity contribution is -0.139. The van der Waals surface area contributed by atoms with Crippen molar-refractivity contribution in [1.82, 2.24) is 0 Å². The van der Waals surface area contributed by atoms with Gasteiger partial charge in [0.15, 0.2) is 5.78 Å². The molecule has 3 atom stereocenters. The Morgan fingerprint density at radius 3 is 2.63 bits per heavy atom. The van der Waals surface area contributed by atoms with Crippen LogP contribution in [0.3, 0.4) is 0 Å². The van der Waals surface area contributed by atoms with Crippen molar-refractivity contribution < 1.29 is 24.5 Å². The fourth-order valence-electron chi connectivity index (χ4n) is 3.14. The number of hydrogen-bond donors (Lipinski definition) is 2. The maximum absolute atomic E-state index is 12.4. The molecule has 0 bridgehead atoms. The summed E-state index contributed by atoms with van der Waals surface area (Å²) >= 11 is 0. The van der Waals surface area contributed by atoms with Gasteiger partial charge in [0, 0.05) is 12.0 Å². The van der Waals surface area contributed by atoms with Crippen molar-refractivity contribution >= 4 is 11.8 Å². The first kappa shape index (κ1) is 23.3. The van der Waals surface area contributed by atoms with Gasteiger partial charge in [-0.05, 0) is 71.3 Å². The summed E-state index contributed by atoms with van der Waals surface area (Å²) in [7, 11) is 0. The van der Waals surface area contributed by atoms with Crippen LogP contribution in [0.15, 0.2) is 35.5 Å². The largest absolute Gasteiger partial charge is 0.463 e. The van der Waals surface area contributed by atoms with Crippen LogP contribution in [0.5, 0.6) is 0 Å². The Kier molecular flexibility index (Phi) is 9.13. The summed E-state index contributed by atoms with van der Waals surface area (Å²) in [4.78, 5) is 24.5. The fraction of sp³-hybridized carbons (Fsp3) is 0.636. The lowest BCUT2D eigenvalue weighted by Crippen LogP contribution is -2.36. The number of Topliss-reactive ketones (excluding diaryl/α,β-unsaturated/α-hetero) is 1. The second-order valence-electron chi connectivity index (χ2n) is 7.66. The van der Waals surface area contributed by atoms with Gasteiger partial charge in [-0.25, -0.2) is 4.79 Å². The lowest BCUT2D eigenvalue weighted by atomic mass is 9.82. The number of ketones is 1. The summed E-state index contributed by atoms with van der Waals surface area (Å²) in [6.45, 7) is 11.2. The smallest absolute Gasteiger partial charge is 0.333 e. The van der Waals surface area contributed by atoms with E-state index in [9.17, 15) is 19.8 Å². The average Bonchev–Trinajstić information content (AvgIpc) is 2.61. The minimum absolute atomic E-state index is 0.202. The van der Waals surface area contributed by atoms with Crippen molar-refractivity contribution in [3.63, 3.8) is 0 Å². The lowest BCUT2D eigenvalue weighted by Gasteiger charge is -2.27. The molecule has 1 aliphatic carbocycles. The molecule has 0 radical (unpaired) electrons. The third kappa shape index (κ3) is 7.43. The van der Waals surface area contributed by atoms with Crippen molar-refractivity contribution in [3.05, 3.63) is 35.5 Å². The van der Waals surface area contributed by atoms with Gasteiger partial charge in [0.25, 0.3) is 0 Å². The molecule has 0 aromatic heterocycles. The van der Waals surface area contributed by atoms with Crippen LogP contribution in [-0.4, -0.2) is 40.3 Å². The number of aliphatic hydroxyl groups excluding tert-OH is 1. The number of esters is 1. The molecule has 5 heteroatoms. The summed E-state index contributed by atoms with van der Waals surface area (Å²) in [5, 5.41) is 21.2. The van der Waals surface area contributed by atoms with Gasteiger partial charge in [-0.3, -0.25) is 4.79 Å². The number of allylic oxidation sites excluding steroid dienone is 3. The Labute approximate surface area is 162 Å². The SMILES string of the molecule is C=C(C(=O)OCC)[C@@H]1CC[C@@](C)(O)C(=O)CC/C(C)=C\C/C=C(/C)[C@H](O)C1. The highest BCUT2D eigenvalue weighted by molar-refractivity contribution is 5.88. The molecule has 0 aromatic carbocycles. The minimum atomic E-state index is -1.46. The third-order valence-corrected chi connectivity index (χ3v) is 5.30. The number of ether oxygens (including phenoxy) is 1. The highest BCUT2D eigenvalue weighted by Crippen LogP contribution is 2.29. The monoisotopic (exact) mass is 378 g/mol. The zero-order chi connectivity index (χ0) is 20.6. The minimum Gasteiger partial charge on any atom is -0.463 e. The van der Waals surface area contributed by atoms with E-state index in [1.54, 1.807) is 6.92 Å². The second kappa shape index (κ2) is 10.6. The van der Waals surface area contributed by atoms with Crippen molar-refractivity contribution in [2.75, 3.05) is 6.61 Å². The van der Waals surface area contributed by atoms with Crippen LogP contribution in [0.2, 0.25) is 0 Å². The summed E-state index contributed by atoms with van der Waals surface area (Å²) in [6.07, 6.45) is 5.69. The molecular formula is C22H34O5. The van der Waals surface area contributed by atoms with Gasteiger partial charge in [-0.1, -0.05) is 24.3 Å². The van der Waals surface area contributed by atoms with E-state index in [1.165, 1.54) is 6.92 Å². The highest BCUT2D eigenvalue weighted by Gasteiger charge is 2.32. The van der Waals surface area contributed by atoms with Crippen molar-refractivity contribution in [2.24, 2.45) is 5.92 Å². The first-order valence-corrected chi connectivity index (χ1v) is 9.70. The molecule has 0 aliphatic heterocycles. The zero-order valence-electron chi connectivity index (χ0n) is 17.1. The van der Waals surface area contributed by atoms with Crippen LogP contribution in [0.1, 0.15) is 66.2 Å². The number of rotatable bonds is 3. The third-order valence-electron chi connectivity index (χ3n) is 5.30. The van der Waals surface area contributed by atoms with E-state index in [1.807, 2.05) is 26.0 Å². The molecule has 2 N–H and O–H groups in total. The Morgan fingerprint density at radius 2 is 2.00 bits per heavy atom. The molecule has 0 amide bonds. The predicted octanol–water partition coefficient (Wildman–Crippen LogP) is 3.65. The normalized spacial score (nSPS) is 32.4. The first-order chi connectivity index (χ1) is 12.6. The van der Waals surface area contributed by atoms with Gasteiger partial charge in [-0.15, -0.1) is 0 Å². The molecule has 0 fully saturated rings. The molecule has 0 heterocycles. The first-order valence-electron chi connectivity index (χ1n) is 9.70. The molecular weight excluding hydrogens is 344 g/mol. The standard InChI is InChI=1S/C22H34O5/c1-6-27-21(25)17(4)18-12-13-22(5,26)20(24)11-10-15(2)8-7-9-16(3)19(23)14-18/h8-9,18-19,23,26H,4,6-7,10-14H2,1-3,5H3/b15-8-,16-9-/t18-,19-,22-/m1/s1. The Bertz CT molecular complexity index is 612. The molecule has 0 saturated carbocycles. The van der Waals surface area contributed by atoms with Crippen LogP contribution < -0.4 is 0 Å². The number of carbonyl (C=O) groups excluding carboxylic acids is 2. The Hall–Kier alpha value is -1.72. The number of hydrogen-bond acceptors (Lipinski definition) is 5. The Balaban J connectivity index is 3.10. The molecule has 5 nitrogen and oxygen atoms in total. The van der Waals surface area contributed by atoms with Gasteiger partial charge in [0.2, 0.25) is 0 Å². The van der Waals surface area contributed by atoms with Gasteiger partial charge in [0.1, 0.15) is 5.60 Å². The summed E-state index contributed by atoms with van der Waals surface area (Å²) in [6, 6.07) is 0. The fourth-order valence-corrected chi connectivity index (χ4v) is 3.14. The van der Waals surface area contributed by atoms with Gasteiger partial charge < -0.3 is 14.9 Å². The maximum Gasteiger partial charge on any atom is 0.333 e. The van der Waals surface area contributed by atoms with E-state index in [0.717, 1.165) is 11.1 Å². The van der Waals surface area contributed by atoms with Gasteiger partial charge >= 0.3 is 5.97 Å². The predicted molar refractivity (Wildman–Crippen MR) is 106 cm³/mol. The van der Waals surface area contributed by atoms with Crippen LogP contribution >= 0.6 is 0 Å². The summed E-state index contributed by atoms with van der Waals surface area (Å²) in [5.41, 5.74) is 0.728. The van der Waals surface area contributed by atoms with Crippen molar-refractivity contribution in [2.45, 2.75) is 77.9 Å². The topological polar surface area (TPSA) is 83.8 Å². The van der Waals surface area contributed by atoms with E-state index in [4.69, 9.17) is 4.74 Å². The average molecular weight is 379 g/mol. The van der Waals surface area contributed by atoms with E-state index >= 15 is 0 Å². The van der Waals surface area contributed by atoms with Crippen molar-refractivity contribution in [1.29, 1.82) is 0 Å². The molecule has 0 unspecified atom stereocenters. The second-order valence-corrected chi connectivity index (χ2v) is 7.66. The molecule has 0 aromatic rings. The van der Waals surface area contributed by atoms with Crippen LogP contribution in [0.25, 0.3) is 0 Å². The van der Waals surface area contributed by atoms with Gasteiger partial charge in [0.05, 0.1) is 12.7 Å². The van der Waals surface area contributed by atoms with E-state index in [-0.39, 0.29) is 36.7 Å². The van der Waals surface area contributed by atoms with Crippen LogP contribution in [0, 0.1) is 5.92 Å². The molecule has 152 valence electrons. The Morgan fingerprint density at radius 1 is 1.33 bits per heavy atom. The quantitative estimate of drug-likeness (QED) is 0.445. The number of carbonyl (C=O) groups is 2. The van der Waals surface area contributed by atoms with E-state index < -0.39 is 17.7 Å². The molecule has 0 spiro atoms. The van der Waals surface area contributed by atoms with Crippen LogP contribution in [-0.2, 0) is 14.3 Å². The molecule has 1 rings (SSSR count). The molecule has 27 heavy (non-hydrogen) atoms. The molecule has 1 aliphatic rings. The highest BCUT2D eigenvalue weighted by atomic mass is 16.5. The van der Waals surface area contributed by atoms with Crippen LogP contribution in [0.4, 0.5) is 0 Å². The van der Waals surface area contributed by atoms with E-state index in [0.29, 0.717) is 25.7 Å².